The number of halogens is 4. The molecule has 6 rings (SSSR count). The molecule has 0 saturated heterocycles. The Morgan fingerprint density at radius 2 is 0.897 bits per heavy atom. The monoisotopic (exact) mass is 860 g/mol. The molecule has 6 aromatic carbocycles. The summed E-state index contributed by atoms with van der Waals surface area (Å²) in [6.45, 7) is 28.0. The fourth-order valence-electron chi connectivity index (χ4n) is 5.31. The number of aryl methyl sites for hydroxylation is 7. The molecule has 6 heteroatoms. The van der Waals surface area contributed by atoms with Crippen molar-refractivity contribution in [1.82, 2.24) is 0 Å². The Hall–Kier alpha value is -3.92. The molecule has 0 aliphatic carbocycles. The molecule has 0 heterocycles. The third-order valence-electron chi connectivity index (χ3n) is 9.13. The molecule has 6 aromatic rings. The van der Waals surface area contributed by atoms with Crippen LogP contribution in [0.25, 0.3) is 0 Å². The van der Waals surface area contributed by atoms with Gasteiger partial charge in [-0.2, -0.15) is 0 Å². The molecule has 0 bridgehead atoms. The van der Waals surface area contributed by atoms with Gasteiger partial charge in [-0.05, 0) is 161 Å². The molecule has 0 aromatic heterocycles. The van der Waals surface area contributed by atoms with Gasteiger partial charge in [0.15, 0.2) is 0 Å². The van der Waals surface area contributed by atoms with Crippen LogP contribution in [-0.2, 0) is 5.41 Å². The first-order valence-electron chi connectivity index (χ1n) is 19.4. The van der Waals surface area contributed by atoms with Crippen LogP contribution < -0.4 is 9.47 Å². The van der Waals surface area contributed by atoms with Gasteiger partial charge in [-0.3, -0.25) is 0 Å². The van der Waals surface area contributed by atoms with Gasteiger partial charge in [0.1, 0.15) is 11.5 Å². The zero-order valence-corrected chi connectivity index (χ0v) is 40.1. The molecule has 312 valence electrons. The van der Waals surface area contributed by atoms with Gasteiger partial charge >= 0.3 is 0 Å². The zero-order valence-electron chi connectivity index (χ0n) is 37.1. The number of para-hydroxylation sites is 1. The summed E-state index contributed by atoms with van der Waals surface area (Å²) in [6.07, 6.45) is 0. The molecule has 0 radical (unpaired) electrons. The van der Waals surface area contributed by atoms with E-state index in [1.54, 1.807) is 13.2 Å². The first-order valence-corrected chi connectivity index (χ1v) is 21.0. The van der Waals surface area contributed by atoms with Crippen molar-refractivity contribution in [2.24, 2.45) is 0 Å². The van der Waals surface area contributed by atoms with E-state index in [0.717, 1.165) is 39.3 Å². The van der Waals surface area contributed by atoms with Gasteiger partial charge in [0.25, 0.3) is 0 Å². The summed E-state index contributed by atoms with van der Waals surface area (Å²) < 4.78 is 10.5. The van der Waals surface area contributed by atoms with Gasteiger partial charge in [-0.15, -0.1) is 0 Å². The Balaban J connectivity index is 0.000000349. The van der Waals surface area contributed by atoms with Crippen molar-refractivity contribution in [3.8, 4) is 11.5 Å². The fourth-order valence-corrected chi connectivity index (χ4v) is 6.05. The Morgan fingerprint density at radius 3 is 1.31 bits per heavy atom. The highest BCUT2D eigenvalue weighted by molar-refractivity contribution is 6.42. The van der Waals surface area contributed by atoms with Gasteiger partial charge in [0.05, 0.1) is 23.8 Å². The maximum atomic E-state index is 5.75. The van der Waals surface area contributed by atoms with Crippen LogP contribution in [0.15, 0.2) is 121 Å². The van der Waals surface area contributed by atoms with E-state index in [2.05, 4.69) is 110 Å². The number of methoxy groups -OCH3 is 1. The van der Waals surface area contributed by atoms with E-state index in [4.69, 9.17) is 55.9 Å². The highest BCUT2D eigenvalue weighted by Crippen LogP contribution is 2.26. The molecule has 0 aliphatic heterocycles. The Morgan fingerprint density at radius 1 is 0.448 bits per heavy atom. The first-order chi connectivity index (χ1) is 27.2. The van der Waals surface area contributed by atoms with Gasteiger partial charge in [0, 0.05) is 10.0 Å². The van der Waals surface area contributed by atoms with E-state index in [0.29, 0.717) is 10.0 Å². The summed E-state index contributed by atoms with van der Waals surface area (Å²) >= 11 is 22.9. The van der Waals surface area contributed by atoms with Crippen molar-refractivity contribution in [3.05, 3.63) is 197 Å². The van der Waals surface area contributed by atoms with Gasteiger partial charge in [0.2, 0.25) is 0 Å². The molecule has 0 amide bonds. The number of hydrogen-bond acceptors (Lipinski definition) is 2. The van der Waals surface area contributed by atoms with E-state index < -0.39 is 0 Å². The lowest BCUT2D eigenvalue weighted by Gasteiger charge is -2.21. The molecular weight excluding hydrogens is 798 g/mol. The standard InChI is InChI=1S/C11H16.2C9H12O.C9H12.2C7H6Cl2/c1-9-7-5-6-8-10(9)11(2,3)4;1-7-4-5-8(2)9(6-7)10-3;1-3-10-9-7-5-4-6-8(9)2;1-7-5-4-6-8(2)9(7)3;1-5-6(8)3-2-4-7(5)9;1-5-3-2-4-6(8)7(5)9/h5-8H,1-4H3;4-6H,1-3H3;4-7H,3H2,1-2H3;4-6H,1-3H3;2*2-4H,1H3. The van der Waals surface area contributed by atoms with Crippen LogP contribution in [0.3, 0.4) is 0 Å². The molecule has 0 unspecified atom stereocenters. The van der Waals surface area contributed by atoms with Gasteiger partial charge < -0.3 is 9.47 Å². The quantitative estimate of drug-likeness (QED) is 0.176. The molecule has 0 saturated carbocycles. The predicted molar refractivity (Wildman–Crippen MR) is 258 cm³/mol. The minimum absolute atomic E-state index is 0.283. The first kappa shape index (κ1) is 52.1. The third-order valence-corrected chi connectivity index (χ3v) is 10.9. The zero-order chi connectivity index (χ0) is 44.0. The molecule has 0 N–H and O–H groups in total. The van der Waals surface area contributed by atoms with E-state index in [1.807, 2.05) is 95.3 Å². The third kappa shape index (κ3) is 19.2. The molecule has 0 aliphatic rings. The van der Waals surface area contributed by atoms with Crippen LogP contribution in [0.1, 0.15) is 83.3 Å². The maximum absolute atomic E-state index is 5.75. The Bertz CT molecular complexity index is 1940. The normalized spacial score (nSPS) is 9.97. The second-order valence-electron chi connectivity index (χ2n) is 15.0. The highest BCUT2D eigenvalue weighted by Gasteiger charge is 2.14. The van der Waals surface area contributed by atoms with Crippen LogP contribution in [0, 0.1) is 62.3 Å². The Kier molecular flexibility index (Phi) is 24.2. The van der Waals surface area contributed by atoms with Gasteiger partial charge in [-0.25, -0.2) is 0 Å². The van der Waals surface area contributed by atoms with Gasteiger partial charge in [-0.1, -0.05) is 158 Å². The van der Waals surface area contributed by atoms with Crippen molar-refractivity contribution < 1.29 is 9.47 Å². The van der Waals surface area contributed by atoms with Crippen molar-refractivity contribution in [2.45, 2.75) is 95.4 Å². The van der Waals surface area contributed by atoms with E-state index in [1.165, 1.54) is 44.5 Å². The summed E-state index contributed by atoms with van der Waals surface area (Å²) in [4.78, 5) is 0. The maximum Gasteiger partial charge on any atom is 0.122 e. The lowest BCUT2D eigenvalue weighted by Crippen LogP contribution is -2.12. The molecule has 0 fully saturated rings. The second kappa shape index (κ2) is 27.0. The molecule has 0 spiro atoms. The van der Waals surface area contributed by atoms with Crippen molar-refractivity contribution in [2.75, 3.05) is 13.7 Å². The van der Waals surface area contributed by atoms with E-state index in [-0.39, 0.29) is 5.41 Å². The SMILES string of the molecule is CCOc1ccccc1C.COc1cc(C)ccc1C.Cc1c(Cl)cccc1Cl.Cc1cccc(C)c1C.Cc1cccc(Cl)c1Cl.Cc1ccccc1C(C)(C)C. The van der Waals surface area contributed by atoms with Crippen LogP contribution in [-0.4, -0.2) is 13.7 Å². The molecule has 58 heavy (non-hydrogen) atoms. The second-order valence-corrected chi connectivity index (χ2v) is 16.6. The minimum atomic E-state index is 0.283. The highest BCUT2D eigenvalue weighted by atomic mass is 35.5. The van der Waals surface area contributed by atoms with Crippen molar-refractivity contribution >= 4 is 46.4 Å². The summed E-state index contributed by atoms with van der Waals surface area (Å²) in [5, 5.41) is 2.72. The smallest absolute Gasteiger partial charge is 0.122 e. The number of rotatable bonds is 3. The number of benzene rings is 6. The minimum Gasteiger partial charge on any atom is -0.496 e. The Labute approximate surface area is 371 Å². The van der Waals surface area contributed by atoms with Crippen molar-refractivity contribution in [3.63, 3.8) is 0 Å². The average Bonchev–Trinajstić information content (AvgIpc) is 3.18. The fraction of sp³-hybridized carbons (Fsp3) is 0.308. The van der Waals surface area contributed by atoms with Crippen molar-refractivity contribution in [1.29, 1.82) is 0 Å². The number of ether oxygens (including phenoxy) is 2. The predicted octanol–water partition coefficient (Wildman–Crippen LogP) is 17.2. The van der Waals surface area contributed by atoms with Crippen LogP contribution in [0.5, 0.6) is 11.5 Å². The van der Waals surface area contributed by atoms with Crippen LogP contribution in [0.2, 0.25) is 20.1 Å². The van der Waals surface area contributed by atoms with E-state index in [9.17, 15) is 0 Å². The molecule has 0 atom stereocenters. The van der Waals surface area contributed by atoms with Crippen LogP contribution in [0.4, 0.5) is 0 Å². The number of hydrogen-bond donors (Lipinski definition) is 0. The lowest BCUT2D eigenvalue weighted by atomic mass is 9.84. The summed E-state index contributed by atoms with van der Waals surface area (Å²) in [5.74, 6) is 1.96. The largest absolute Gasteiger partial charge is 0.496 e. The van der Waals surface area contributed by atoms with E-state index >= 15 is 0 Å². The topological polar surface area (TPSA) is 18.5 Å². The average molecular weight is 863 g/mol. The summed E-state index contributed by atoms with van der Waals surface area (Å²) in [5.41, 5.74) is 12.9. The molecular formula is C52H64Cl4O2. The summed E-state index contributed by atoms with van der Waals surface area (Å²) in [7, 11) is 1.70. The van der Waals surface area contributed by atoms with Crippen LogP contribution >= 0.6 is 46.4 Å². The lowest BCUT2D eigenvalue weighted by molar-refractivity contribution is 0.338. The molecule has 2 nitrogen and oxygen atoms in total. The summed E-state index contributed by atoms with van der Waals surface area (Å²) in [6, 6.07) is 40.2.